The predicted octanol–water partition coefficient (Wildman–Crippen LogP) is 1.78. The van der Waals surface area contributed by atoms with Crippen LogP contribution < -0.4 is 16.0 Å². The quantitative estimate of drug-likeness (QED) is 0.638. The monoisotopic (exact) mass is 247 g/mol. The third kappa shape index (κ3) is 2.32. The van der Waals surface area contributed by atoms with Crippen molar-refractivity contribution < 1.29 is 9.13 Å². The lowest BCUT2D eigenvalue weighted by Crippen LogP contribution is -2.29. The van der Waals surface area contributed by atoms with Crippen molar-refractivity contribution in [1.82, 2.24) is 10.4 Å². The second kappa shape index (κ2) is 5.57. The Kier molecular flexibility index (Phi) is 3.86. The summed E-state index contributed by atoms with van der Waals surface area (Å²) >= 11 is 0. The molecule has 0 radical (unpaired) electrons. The van der Waals surface area contributed by atoms with Crippen LogP contribution in [0.3, 0.4) is 0 Å². The number of nitrogens with two attached hydrogens (primary N) is 1. The van der Waals surface area contributed by atoms with Gasteiger partial charge in [-0.3, -0.25) is 10.8 Å². The molecule has 1 unspecified atom stereocenters. The second-order valence-electron chi connectivity index (χ2n) is 3.75. The minimum Gasteiger partial charge on any atom is -0.494 e. The van der Waals surface area contributed by atoms with Crippen LogP contribution in [0.5, 0.6) is 5.75 Å². The number of pyridine rings is 1. The molecule has 0 saturated heterocycles. The Morgan fingerprint density at radius 3 is 2.78 bits per heavy atom. The molecule has 0 fully saturated rings. The van der Waals surface area contributed by atoms with E-state index in [2.05, 4.69) is 10.4 Å². The van der Waals surface area contributed by atoms with Gasteiger partial charge in [0.1, 0.15) is 0 Å². The van der Waals surface area contributed by atoms with Crippen LogP contribution >= 0.6 is 0 Å². The van der Waals surface area contributed by atoms with Gasteiger partial charge in [-0.2, -0.15) is 0 Å². The molecule has 1 heterocycles. The van der Waals surface area contributed by atoms with Gasteiger partial charge < -0.3 is 4.74 Å². The zero-order chi connectivity index (χ0) is 13.0. The molecule has 0 aliphatic heterocycles. The Hall–Kier alpha value is -1.98. The van der Waals surface area contributed by atoms with Gasteiger partial charge in [0, 0.05) is 18.0 Å². The molecule has 2 aromatic rings. The fraction of sp³-hybridized carbons (Fsp3) is 0.154. The summed E-state index contributed by atoms with van der Waals surface area (Å²) in [5, 5.41) is 0. The van der Waals surface area contributed by atoms with E-state index in [0.717, 1.165) is 5.56 Å². The predicted molar refractivity (Wildman–Crippen MR) is 66.4 cm³/mol. The van der Waals surface area contributed by atoms with Crippen molar-refractivity contribution >= 4 is 0 Å². The van der Waals surface area contributed by atoms with Crippen molar-refractivity contribution in [3.63, 3.8) is 0 Å². The number of nitrogens with zero attached hydrogens (tertiary/aromatic N) is 1. The number of ether oxygens (including phenoxy) is 1. The number of nitrogens with one attached hydrogen (secondary N) is 1. The highest BCUT2D eigenvalue weighted by atomic mass is 19.1. The maximum atomic E-state index is 14.2. The fourth-order valence-electron chi connectivity index (χ4n) is 1.82. The van der Waals surface area contributed by atoms with Crippen LogP contribution in [0.1, 0.15) is 17.2 Å². The molecule has 0 amide bonds. The molecule has 1 aromatic heterocycles. The van der Waals surface area contributed by atoms with E-state index in [1.807, 2.05) is 6.07 Å². The smallest absolute Gasteiger partial charge is 0.170 e. The molecule has 18 heavy (non-hydrogen) atoms. The van der Waals surface area contributed by atoms with E-state index < -0.39 is 11.9 Å². The van der Waals surface area contributed by atoms with Crippen molar-refractivity contribution in [1.29, 1.82) is 0 Å². The van der Waals surface area contributed by atoms with Crippen LogP contribution in [-0.4, -0.2) is 12.1 Å². The first-order valence-corrected chi connectivity index (χ1v) is 5.46. The number of aromatic nitrogens is 1. The maximum absolute atomic E-state index is 14.2. The van der Waals surface area contributed by atoms with E-state index in [4.69, 9.17) is 10.6 Å². The number of rotatable bonds is 4. The Balaban J connectivity index is 2.46. The summed E-state index contributed by atoms with van der Waals surface area (Å²) in [5.74, 6) is 5.28. The van der Waals surface area contributed by atoms with Crippen molar-refractivity contribution in [3.8, 4) is 5.75 Å². The summed E-state index contributed by atoms with van der Waals surface area (Å²) in [5.41, 5.74) is 3.80. The summed E-state index contributed by atoms with van der Waals surface area (Å²) in [6.07, 6.45) is 3.29. The van der Waals surface area contributed by atoms with E-state index in [0.29, 0.717) is 5.56 Å². The van der Waals surface area contributed by atoms with Gasteiger partial charge in [-0.1, -0.05) is 18.2 Å². The van der Waals surface area contributed by atoms with Gasteiger partial charge in [0.25, 0.3) is 0 Å². The van der Waals surface area contributed by atoms with Crippen LogP contribution in [0.25, 0.3) is 0 Å². The minimum atomic E-state index is -0.464. The first-order chi connectivity index (χ1) is 8.77. The fourth-order valence-corrected chi connectivity index (χ4v) is 1.82. The molecule has 0 spiro atoms. The Labute approximate surface area is 105 Å². The van der Waals surface area contributed by atoms with E-state index >= 15 is 0 Å². The molecule has 1 aromatic carbocycles. The average Bonchev–Trinajstić information content (AvgIpc) is 2.43. The number of hydrogen-bond acceptors (Lipinski definition) is 4. The molecule has 4 nitrogen and oxygen atoms in total. The molecule has 0 aliphatic rings. The normalized spacial score (nSPS) is 12.2. The molecule has 94 valence electrons. The van der Waals surface area contributed by atoms with Gasteiger partial charge in [-0.15, -0.1) is 0 Å². The van der Waals surface area contributed by atoms with Crippen LogP contribution in [0.15, 0.2) is 42.7 Å². The average molecular weight is 247 g/mol. The lowest BCUT2D eigenvalue weighted by Gasteiger charge is -2.18. The largest absolute Gasteiger partial charge is 0.494 e. The number of methoxy groups -OCH3 is 1. The lowest BCUT2D eigenvalue weighted by atomic mass is 10.00. The highest BCUT2D eigenvalue weighted by Crippen LogP contribution is 2.28. The van der Waals surface area contributed by atoms with Crippen molar-refractivity contribution in [2.24, 2.45) is 5.84 Å². The van der Waals surface area contributed by atoms with Gasteiger partial charge in [0.05, 0.1) is 13.2 Å². The van der Waals surface area contributed by atoms with E-state index in [9.17, 15) is 4.39 Å². The molecular weight excluding hydrogens is 233 g/mol. The second-order valence-corrected chi connectivity index (χ2v) is 3.75. The Morgan fingerprint density at radius 1 is 1.33 bits per heavy atom. The number of hydrazine groups is 1. The van der Waals surface area contributed by atoms with Gasteiger partial charge in [-0.25, -0.2) is 9.82 Å². The topological polar surface area (TPSA) is 60.2 Å². The minimum absolute atomic E-state index is 0.191. The van der Waals surface area contributed by atoms with Gasteiger partial charge in [-0.05, 0) is 17.7 Å². The number of hydrogen-bond donors (Lipinski definition) is 2. The third-order valence-electron chi connectivity index (χ3n) is 2.71. The van der Waals surface area contributed by atoms with Gasteiger partial charge in [0.15, 0.2) is 11.6 Å². The molecule has 0 bridgehead atoms. The summed E-state index contributed by atoms with van der Waals surface area (Å²) in [6.45, 7) is 0. The number of benzene rings is 1. The van der Waals surface area contributed by atoms with Crippen LogP contribution in [-0.2, 0) is 0 Å². The summed E-state index contributed by atoms with van der Waals surface area (Å²) in [7, 11) is 1.43. The Bertz CT molecular complexity index is 519. The highest BCUT2D eigenvalue weighted by Gasteiger charge is 2.19. The van der Waals surface area contributed by atoms with Crippen molar-refractivity contribution in [3.05, 3.63) is 59.7 Å². The zero-order valence-corrected chi connectivity index (χ0v) is 9.93. The molecule has 0 saturated carbocycles. The molecule has 0 aliphatic carbocycles. The first-order valence-electron chi connectivity index (χ1n) is 5.46. The van der Waals surface area contributed by atoms with Crippen LogP contribution in [0.4, 0.5) is 4.39 Å². The van der Waals surface area contributed by atoms with Crippen LogP contribution in [0, 0.1) is 5.82 Å². The molecular formula is C13H14FN3O. The summed E-state index contributed by atoms with van der Waals surface area (Å²) < 4.78 is 19.1. The first kappa shape index (κ1) is 12.5. The summed E-state index contributed by atoms with van der Waals surface area (Å²) in [6, 6.07) is 8.09. The molecule has 2 rings (SSSR count). The maximum Gasteiger partial charge on any atom is 0.170 e. The highest BCUT2D eigenvalue weighted by molar-refractivity contribution is 5.37. The van der Waals surface area contributed by atoms with Crippen molar-refractivity contribution in [2.45, 2.75) is 6.04 Å². The third-order valence-corrected chi connectivity index (χ3v) is 2.71. The standard InChI is InChI=1S/C13H14FN3O/c1-18-11-6-2-5-10(12(11)14)13(17-15)9-4-3-7-16-8-9/h2-8,13,17H,15H2,1H3. The molecule has 3 N–H and O–H groups in total. The zero-order valence-electron chi connectivity index (χ0n) is 9.93. The molecule has 1 atom stereocenters. The van der Waals surface area contributed by atoms with E-state index in [1.165, 1.54) is 7.11 Å². The van der Waals surface area contributed by atoms with Crippen LogP contribution in [0.2, 0.25) is 0 Å². The lowest BCUT2D eigenvalue weighted by molar-refractivity contribution is 0.381. The Morgan fingerprint density at radius 2 is 2.17 bits per heavy atom. The molecule has 5 heteroatoms. The van der Waals surface area contributed by atoms with Gasteiger partial charge >= 0.3 is 0 Å². The summed E-state index contributed by atoms with van der Waals surface area (Å²) in [4.78, 5) is 4.00. The van der Waals surface area contributed by atoms with Gasteiger partial charge in [0.2, 0.25) is 0 Å². The number of halogens is 1. The van der Waals surface area contributed by atoms with Crippen molar-refractivity contribution in [2.75, 3.05) is 7.11 Å². The van der Waals surface area contributed by atoms with E-state index in [1.54, 1.807) is 36.7 Å². The van der Waals surface area contributed by atoms with E-state index in [-0.39, 0.29) is 5.75 Å². The SMILES string of the molecule is COc1cccc(C(NN)c2cccnc2)c1F.